The van der Waals surface area contributed by atoms with Gasteiger partial charge in [-0.1, -0.05) is 18.2 Å². The molecule has 1 heterocycles. The molecule has 2 rings (SSSR count). The van der Waals surface area contributed by atoms with Gasteiger partial charge in [-0.3, -0.25) is 4.79 Å². The van der Waals surface area contributed by atoms with Crippen LogP contribution in [0, 0.1) is 0 Å². The van der Waals surface area contributed by atoms with Gasteiger partial charge in [0.15, 0.2) is 0 Å². The van der Waals surface area contributed by atoms with E-state index in [9.17, 15) is 4.79 Å². The molecule has 0 radical (unpaired) electrons. The molecule has 0 aliphatic rings. The topological polar surface area (TPSA) is 60.1 Å². The van der Waals surface area contributed by atoms with Crippen LogP contribution in [-0.2, 0) is 18.4 Å². The van der Waals surface area contributed by atoms with E-state index in [4.69, 9.17) is 5.73 Å². The number of nitrogens with two attached hydrogens (primary N) is 1. The van der Waals surface area contributed by atoms with Crippen LogP contribution in [0.4, 0.5) is 0 Å². The number of nitrogens with zero attached hydrogens (tertiary/aromatic N) is 1. The highest BCUT2D eigenvalue weighted by Gasteiger charge is 2.20. The van der Waals surface area contributed by atoms with Crippen LogP contribution < -0.4 is 11.1 Å². The second-order valence-electron chi connectivity index (χ2n) is 5.66. The zero-order chi connectivity index (χ0) is 14.0. The Bertz CT molecular complexity index is 598. The fourth-order valence-corrected chi connectivity index (χ4v) is 2.40. The molecule has 0 unspecified atom stereocenters. The molecule has 0 atom stereocenters. The normalized spacial score (nSPS) is 11.9. The number of hydrogen-bond acceptors (Lipinski definition) is 2. The van der Waals surface area contributed by atoms with Gasteiger partial charge in [0.2, 0.25) is 5.91 Å². The first-order valence-corrected chi connectivity index (χ1v) is 6.45. The molecule has 1 aromatic heterocycles. The first kappa shape index (κ1) is 13.6. The molecular formula is C15H21N3O. The van der Waals surface area contributed by atoms with E-state index in [0.29, 0.717) is 6.42 Å². The van der Waals surface area contributed by atoms with Gasteiger partial charge in [-0.25, -0.2) is 0 Å². The molecule has 0 aliphatic heterocycles. The Kier molecular flexibility index (Phi) is 3.62. The van der Waals surface area contributed by atoms with Crippen LogP contribution >= 0.6 is 0 Å². The zero-order valence-corrected chi connectivity index (χ0v) is 11.7. The Morgan fingerprint density at radius 2 is 2.05 bits per heavy atom. The maximum absolute atomic E-state index is 11.0. The summed E-state index contributed by atoms with van der Waals surface area (Å²) < 4.78 is 2.12. The monoisotopic (exact) mass is 259 g/mol. The number of benzene rings is 1. The lowest BCUT2D eigenvalue weighted by atomic mass is 10.00. The van der Waals surface area contributed by atoms with Crippen molar-refractivity contribution < 1.29 is 4.79 Å². The van der Waals surface area contributed by atoms with E-state index in [0.717, 1.165) is 6.54 Å². The smallest absolute Gasteiger partial charge is 0.219 e. The second kappa shape index (κ2) is 5.05. The summed E-state index contributed by atoms with van der Waals surface area (Å²) in [5.41, 5.74) is 7.42. The molecule has 4 heteroatoms. The Balaban J connectivity index is 2.16. The second-order valence-corrected chi connectivity index (χ2v) is 5.66. The lowest BCUT2D eigenvalue weighted by Gasteiger charge is -2.24. The molecule has 19 heavy (non-hydrogen) atoms. The molecule has 0 fully saturated rings. The van der Waals surface area contributed by atoms with Crippen molar-refractivity contribution in [1.82, 2.24) is 9.88 Å². The van der Waals surface area contributed by atoms with Gasteiger partial charge in [0.05, 0.1) is 0 Å². The van der Waals surface area contributed by atoms with E-state index in [1.807, 2.05) is 33.0 Å². The largest absolute Gasteiger partial charge is 0.370 e. The van der Waals surface area contributed by atoms with Crippen molar-refractivity contribution in [3.8, 4) is 0 Å². The fraction of sp³-hybridized carbons (Fsp3) is 0.400. The minimum absolute atomic E-state index is 0.282. The number of nitrogens with one attached hydrogen (secondary N) is 1. The van der Waals surface area contributed by atoms with E-state index in [1.165, 1.54) is 16.5 Å². The highest BCUT2D eigenvalue weighted by atomic mass is 16.1. The minimum Gasteiger partial charge on any atom is -0.370 e. The van der Waals surface area contributed by atoms with Crippen molar-refractivity contribution in [2.24, 2.45) is 12.8 Å². The number of aryl methyl sites for hydroxylation is 1. The van der Waals surface area contributed by atoms with E-state index >= 15 is 0 Å². The van der Waals surface area contributed by atoms with Gasteiger partial charge < -0.3 is 15.6 Å². The van der Waals surface area contributed by atoms with Gasteiger partial charge in [-0.05, 0) is 25.5 Å². The fourth-order valence-electron chi connectivity index (χ4n) is 2.40. The van der Waals surface area contributed by atoms with Crippen LogP contribution in [0.5, 0.6) is 0 Å². The maximum atomic E-state index is 11.0. The molecule has 4 nitrogen and oxygen atoms in total. The van der Waals surface area contributed by atoms with Crippen molar-refractivity contribution in [2.45, 2.75) is 32.4 Å². The van der Waals surface area contributed by atoms with Gasteiger partial charge in [0, 0.05) is 42.7 Å². The number of rotatable bonds is 5. The Morgan fingerprint density at radius 1 is 1.37 bits per heavy atom. The summed E-state index contributed by atoms with van der Waals surface area (Å²) in [5.74, 6) is -0.282. The number of amides is 1. The number of carbonyl (C=O) groups is 1. The van der Waals surface area contributed by atoms with E-state index in [-0.39, 0.29) is 11.4 Å². The highest BCUT2D eigenvalue weighted by molar-refractivity contribution is 5.83. The standard InChI is InChI=1S/C15H21N3O/c1-15(2,8-14(16)19)17-9-11-10-18(3)13-7-5-4-6-12(11)13/h4-7,10,17H,8-9H2,1-3H3,(H2,16,19). The lowest BCUT2D eigenvalue weighted by Crippen LogP contribution is -2.42. The predicted molar refractivity (Wildman–Crippen MR) is 77.6 cm³/mol. The quantitative estimate of drug-likeness (QED) is 0.862. The van der Waals surface area contributed by atoms with Crippen LogP contribution in [0.25, 0.3) is 10.9 Å². The van der Waals surface area contributed by atoms with Crippen molar-refractivity contribution in [2.75, 3.05) is 0 Å². The number of primary amides is 1. The Morgan fingerprint density at radius 3 is 2.74 bits per heavy atom. The third-order valence-corrected chi connectivity index (χ3v) is 3.35. The summed E-state index contributed by atoms with van der Waals surface area (Å²) in [6.07, 6.45) is 2.45. The minimum atomic E-state index is -0.289. The third-order valence-electron chi connectivity index (χ3n) is 3.35. The van der Waals surface area contributed by atoms with Gasteiger partial charge in [-0.15, -0.1) is 0 Å². The Hall–Kier alpha value is -1.81. The summed E-state index contributed by atoms with van der Waals surface area (Å²) in [5, 5.41) is 4.64. The van der Waals surface area contributed by atoms with E-state index in [2.05, 4.69) is 28.2 Å². The molecule has 3 N–H and O–H groups in total. The van der Waals surface area contributed by atoms with Gasteiger partial charge in [-0.2, -0.15) is 0 Å². The number of para-hydroxylation sites is 1. The molecule has 2 aromatic rings. The summed E-state index contributed by atoms with van der Waals surface area (Å²) in [6.45, 7) is 4.70. The zero-order valence-electron chi connectivity index (χ0n) is 11.7. The van der Waals surface area contributed by atoms with Gasteiger partial charge >= 0.3 is 0 Å². The molecular weight excluding hydrogens is 238 g/mol. The average Bonchev–Trinajstić information content (AvgIpc) is 2.63. The molecule has 0 saturated carbocycles. The maximum Gasteiger partial charge on any atom is 0.219 e. The predicted octanol–water partition coefficient (Wildman–Crippen LogP) is 1.92. The molecule has 1 amide bonds. The number of fused-ring (bicyclic) bond motifs is 1. The van der Waals surface area contributed by atoms with Crippen LogP contribution in [0.2, 0.25) is 0 Å². The molecule has 1 aromatic carbocycles. The van der Waals surface area contributed by atoms with E-state index in [1.54, 1.807) is 0 Å². The number of aromatic nitrogens is 1. The first-order valence-electron chi connectivity index (χ1n) is 6.45. The molecule has 0 bridgehead atoms. The van der Waals surface area contributed by atoms with Crippen molar-refractivity contribution in [3.05, 3.63) is 36.0 Å². The SMILES string of the molecule is Cn1cc(CNC(C)(C)CC(N)=O)c2ccccc21. The highest BCUT2D eigenvalue weighted by Crippen LogP contribution is 2.21. The summed E-state index contributed by atoms with van der Waals surface area (Å²) in [7, 11) is 2.04. The van der Waals surface area contributed by atoms with Crippen LogP contribution in [-0.4, -0.2) is 16.0 Å². The van der Waals surface area contributed by atoms with Crippen molar-refractivity contribution in [1.29, 1.82) is 0 Å². The molecule has 0 aliphatic carbocycles. The Labute approximate surface area is 113 Å². The molecule has 0 spiro atoms. The van der Waals surface area contributed by atoms with Crippen molar-refractivity contribution >= 4 is 16.8 Å². The summed E-state index contributed by atoms with van der Waals surface area (Å²) in [6, 6.07) is 8.30. The third kappa shape index (κ3) is 3.15. The molecule has 102 valence electrons. The van der Waals surface area contributed by atoms with Crippen LogP contribution in [0.15, 0.2) is 30.5 Å². The lowest BCUT2D eigenvalue weighted by molar-refractivity contribution is -0.119. The number of hydrogen-bond donors (Lipinski definition) is 2. The van der Waals surface area contributed by atoms with E-state index < -0.39 is 0 Å². The first-order chi connectivity index (χ1) is 8.89. The summed E-state index contributed by atoms with van der Waals surface area (Å²) in [4.78, 5) is 11.0. The summed E-state index contributed by atoms with van der Waals surface area (Å²) >= 11 is 0. The van der Waals surface area contributed by atoms with Crippen LogP contribution in [0.3, 0.4) is 0 Å². The average molecular weight is 259 g/mol. The van der Waals surface area contributed by atoms with Crippen LogP contribution in [0.1, 0.15) is 25.8 Å². The molecule has 0 saturated heterocycles. The van der Waals surface area contributed by atoms with Crippen molar-refractivity contribution in [3.63, 3.8) is 0 Å². The number of carbonyl (C=O) groups excluding carboxylic acids is 1. The van der Waals surface area contributed by atoms with Gasteiger partial charge in [0.1, 0.15) is 0 Å². The van der Waals surface area contributed by atoms with Gasteiger partial charge in [0.25, 0.3) is 0 Å².